The molecule has 0 saturated carbocycles. The molecule has 0 unspecified atom stereocenters. The molecule has 1 fully saturated rings. The van der Waals surface area contributed by atoms with E-state index in [1.165, 1.54) is 0 Å². The van der Waals surface area contributed by atoms with Gasteiger partial charge in [0.1, 0.15) is 0 Å². The Balaban J connectivity index is 2.58. The minimum Gasteiger partial charge on any atom is -0.275 e. The zero-order chi connectivity index (χ0) is 13.3. The molecule has 3 N–H and O–H groups in total. The second-order valence-corrected chi connectivity index (χ2v) is 4.06. The molecule has 18 heavy (non-hydrogen) atoms. The van der Waals surface area contributed by atoms with Crippen molar-refractivity contribution in [1.82, 2.24) is 10.3 Å². The molecular weight excluding hydrogens is 234 g/mol. The minimum absolute atomic E-state index is 0.225. The van der Waals surface area contributed by atoms with Gasteiger partial charge in [-0.15, -0.1) is 0 Å². The van der Waals surface area contributed by atoms with Crippen molar-refractivity contribution < 1.29 is 14.4 Å². The molecule has 1 atom stereocenters. The molecule has 94 valence electrons. The Morgan fingerprint density at radius 1 is 1.22 bits per heavy atom. The number of urea groups is 1. The number of rotatable bonds is 2. The van der Waals surface area contributed by atoms with Gasteiger partial charge >= 0.3 is 6.03 Å². The van der Waals surface area contributed by atoms with Crippen molar-refractivity contribution >= 4 is 17.8 Å². The highest BCUT2D eigenvalue weighted by Gasteiger charge is 2.53. The first-order valence-electron chi connectivity index (χ1n) is 5.54. The molecule has 1 aliphatic rings. The highest BCUT2D eigenvalue weighted by atomic mass is 16.2. The molecule has 0 bridgehead atoms. The van der Waals surface area contributed by atoms with Gasteiger partial charge in [0.2, 0.25) is 5.91 Å². The summed E-state index contributed by atoms with van der Waals surface area (Å²) in [7, 11) is 0. The quantitative estimate of drug-likeness (QED) is 0.446. The Bertz CT molecular complexity index is 515. The molecule has 1 aliphatic heterocycles. The Morgan fingerprint density at radius 2 is 1.83 bits per heavy atom. The average Bonchev–Trinajstić information content (AvgIpc) is 2.39. The summed E-state index contributed by atoms with van der Waals surface area (Å²) in [6.45, 7) is 1.70. The normalized spacial score (nSPS) is 24.1. The van der Waals surface area contributed by atoms with Crippen LogP contribution in [-0.4, -0.2) is 22.9 Å². The lowest BCUT2D eigenvalue weighted by Gasteiger charge is -2.36. The van der Waals surface area contributed by atoms with Crippen molar-refractivity contribution in [2.75, 3.05) is 0 Å². The number of hydrogen-bond acceptors (Lipinski definition) is 4. The van der Waals surface area contributed by atoms with Crippen LogP contribution in [0.15, 0.2) is 30.3 Å². The predicted molar refractivity (Wildman–Crippen MR) is 63.0 cm³/mol. The summed E-state index contributed by atoms with van der Waals surface area (Å²) >= 11 is 0. The lowest BCUT2D eigenvalue weighted by atomic mass is 9.75. The van der Waals surface area contributed by atoms with E-state index in [1.54, 1.807) is 37.3 Å². The van der Waals surface area contributed by atoms with E-state index in [0.29, 0.717) is 10.6 Å². The van der Waals surface area contributed by atoms with Gasteiger partial charge in [-0.05, 0) is 12.0 Å². The third kappa shape index (κ3) is 1.50. The number of nitrogens with one attached hydrogen (secondary N) is 1. The smallest absolute Gasteiger partial charge is 0.275 e. The van der Waals surface area contributed by atoms with Crippen LogP contribution >= 0.6 is 0 Å². The lowest BCUT2D eigenvalue weighted by Crippen LogP contribution is -2.67. The monoisotopic (exact) mass is 247 g/mol. The Kier molecular flexibility index (Phi) is 2.88. The van der Waals surface area contributed by atoms with Gasteiger partial charge in [0.25, 0.3) is 5.91 Å². The Hall–Kier alpha value is -2.21. The number of hydrazine groups is 1. The molecule has 4 amide bonds. The zero-order valence-corrected chi connectivity index (χ0v) is 9.84. The highest BCUT2D eigenvalue weighted by molar-refractivity contribution is 6.22. The molecule has 0 spiro atoms. The van der Waals surface area contributed by atoms with Crippen LogP contribution in [-0.2, 0) is 15.0 Å². The zero-order valence-electron chi connectivity index (χ0n) is 9.84. The van der Waals surface area contributed by atoms with E-state index in [9.17, 15) is 14.4 Å². The van der Waals surface area contributed by atoms with Crippen LogP contribution in [0.2, 0.25) is 0 Å². The molecular formula is C12H13N3O3. The Morgan fingerprint density at radius 3 is 2.39 bits per heavy atom. The summed E-state index contributed by atoms with van der Waals surface area (Å²) in [5.74, 6) is 4.06. The first kappa shape index (κ1) is 12.3. The maximum Gasteiger partial charge on any atom is 0.345 e. The maximum absolute atomic E-state index is 12.2. The fourth-order valence-electron chi connectivity index (χ4n) is 2.15. The topological polar surface area (TPSA) is 92.5 Å². The van der Waals surface area contributed by atoms with E-state index in [2.05, 4.69) is 5.32 Å². The van der Waals surface area contributed by atoms with E-state index < -0.39 is 23.3 Å². The Labute approximate surface area is 104 Å². The number of carbonyl (C=O) groups is 3. The summed E-state index contributed by atoms with van der Waals surface area (Å²) in [5.41, 5.74) is -0.901. The van der Waals surface area contributed by atoms with Crippen molar-refractivity contribution in [3.63, 3.8) is 0 Å². The number of imide groups is 2. The predicted octanol–water partition coefficient (Wildman–Crippen LogP) is 0.287. The van der Waals surface area contributed by atoms with E-state index in [0.717, 1.165) is 0 Å². The molecule has 1 aromatic carbocycles. The van der Waals surface area contributed by atoms with Crippen molar-refractivity contribution in [2.24, 2.45) is 5.84 Å². The minimum atomic E-state index is -1.43. The number of nitrogens with zero attached hydrogens (tertiary/aromatic N) is 1. The lowest BCUT2D eigenvalue weighted by molar-refractivity contribution is -0.145. The van der Waals surface area contributed by atoms with Crippen molar-refractivity contribution in [3.8, 4) is 0 Å². The summed E-state index contributed by atoms with van der Waals surface area (Å²) < 4.78 is 0. The second kappa shape index (κ2) is 4.23. The molecule has 1 aromatic rings. The van der Waals surface area contributed by atoms with Crippen molar-refractivity contribution in [3.05, 3.63) is 35.9 Å². The summed E-state index contributed by atoms with van der Waals surface area (Å²) in [4.78, 5) is 35.6. The molecule has 6 nitrogen and oxygen atoms in total. The number of barbiturate groups is 1. The third-order valence-electron chi connectivity index (χ3n) is 3.21. The SMILES string of the molecule is CC[C@@]1(c2ccccc2)C(=O)NC(=O)N(N)C1=O. The number of nitrogens with two attached hydrogens (primary N) is 1. The molecule has 0 aliphatic carbocycles. The van der Waals surface area contributed by atoms with E-state index in [4.69, 9.17) is 5.84 Å². The van der Waals surface area contributed by atoms with Crippen molar-refractivity contribution in [2.45, 2.75) is 18.8 Å². The van der Waals surface area contributed by atoms with Crippen LogP contribution in [0, 0.1) is 0 Å². The van der Waals surface area contributed by atoms with Gasteiger partial charge in [0.05, 0.1) is 0 Å². The average molecular weight is 247 g/mol. The number of hydrogen-bond donors (Lipinski definition) is 2. The molecule has 2 rings (SSSR count). The van der Waals surface area contributed by atoms with Gasteiger partial charge < -0.3 is 0 Å². The number of amides is 4. The standard InChI is InChI=1S/C12H13N3O3/c1-2-12(8-6-4-3-5-7-8)9(16)14-11(18)15(13)10(12)17/h3-7H,2,13H2,1H3,(H,14,16,18)/t12-/m1/s1. The fourth-order valence-corrected chi connectivity index (χ4v) is 2.15. The molecule has 0 aromatic heterocycles. The van der Waals surface area contributed by atoms with Gasteiger partial charge in [0.15, 0.2) is 5.41 Å². The summed E-state index contributed by atoms with van der Waals surface area (Å²) in [5, 5.41) is 2.56. The first-order chi connectivity index (χ1) is 8.54. The number of carbonyl (C=O) groups excluding carboxylic acids is 3. The van der Waals surface area contributed by atoms with Gasteiger partial charge in [-0.3, -0.25) is 14.9 Å². The molecule has 1 saturated heterocycles. The van der Waals surface area contributed by atoms with Crippen LogP contribution in [0.1, 0.15) is 18.9 Å². The highest BCUT2D eigenvalue weighted by Crippen LogP contribution is 2.32. The van der Waals surface area contributed by atoms with Gasteiger partial charge in [0, 0.05) is 0 Å². The van der Waals surface area contributed by atoms with Crippen LogP contribution in [0.5, 0.6) is 0 Å². The van der Waals surface area contributed by atoms with Crippen LogP contribution in [0.25, 0.3) is 0 Å². The molecule has 0 radical (unpaired) electrons. The maximum atomic E-state index is 12.2. The van der Waals surface area contributed by atoms with E-state index in [1.807, 2.05) is 0 Å². The largest absolute Gasteiger partial charge is 0.345 e. The van der Waals surface area contributed by atoms with Crippen LogP contribution in [0.3, 0.4) is 0 Å². The van der Waals surface area contributed by atoms with Gasteiger partial charge in [-0.1, -0.05) is 37.3 Å². The van der Waals surface area contributed by atoms with Crippen LogP contribution < -0.4 is 11.2 Å². The third-order valence-corrected chi connectivity index (χ3v) is 3.21. The van der Waals surface area contributed by atoms with Crippen LogP contribution in [0.4, 0.5) is 4.79 Å². The molecule has 6 heteroatoms. The fraction of sp³-hybridized carbons (Fsp3) is 0.250. The first-order valence-corrected chi connectivity index (χ1v) is 5.54. The molecule has 1 heterocycles. The second-order valence-electron chi connectivity index (χ2n) is 4.06. The van der Waals surface area contributed by atoms with Gasteiger partial charge in [-0.2, -0.15) is 5.01 Å². The van der Waals surface area contributed by atoms with Crippen molar-refractivity contribution in [1.29, 1.82) is 0 Å². The summed E-state index contributed by atoms with van der Waals surface area (Å²) in [6, 6.07) is 7.68. The van der Waals surface area contributed by atoms with E-state index >= 15 is 0 Å². The van der Waals surface area contributed by atoms with E-state index in [-0.39, 0.29) is 6.42 Å². The number of benzene rings is 1. The summed E-state index contributed by atoms with van der Waals surface area (Å²) in [6.07, 6.45) is 0.225. The van der Waals surface area contributed by atoms with Gasteiger partial charge in [-0.25, -0.2) is 10.6 Å².